The molecule has 0 aromatic heterocycles. The minimum Gasteiger partial charge on any atom is -0.504 e. The van der Waals surface area contributed by atoms with Crippen LogP contribution in [-0.2, 0) is 17.6 Å². The van der Waals surface area contributed by atoms with Gasteiger partial charge in [0.05, 0.1) is 38.6 Å². The van der Waals surface area contributed by atoms with Gasteiger partial charge in [-0.1, -0.05) is 59.9 Å². The molecule has 336 valence electrons. The molecule has 60 heavy (non-hydrogen) atoms. The number of hydrogen-bond donors (Lipinski definition) is 7. The molecule has 0 spiro atoms. The number of aryl methyl sites for hydroxylation is 1. The fraction of sp³-hybridized carbons (Fsp3) is 0.702. The van der Waals surface area contributed by atoms with E-state index in [4.69, 9.17) is 18.9 Å². The average Bonchev–Trinajstić information content (AvgIpc) is 3.25. The molecule has 0 amide bonds. The van der Waals surface area contributed by atoms with Crippen molar-refractivity contribution in [3.8, 4) is 28.7 Å². The van der Waals surface area contributed by atoms with Gasteiger partial charge in [0.1, 0.15) is 6.79 Å². The third-order valence-corrected chi connectivity index (χ3v) is 16.5. The van der Waals surface area contributed by atoms with E-state index in [2.05, 4.69) is 24.4 Å². The van der Waals surface area contributed by atoms with E-state index in [9.17, 15) is 30.6 Å². The minimum atomic E-state index is -0.997. The summed E-state index contributed by atoms with van der Waals surface area (Å²) in [6.07, 6.45) is 16.0. The molecule has 2 aromatic rings. The summed E-state index contributed by atoms with van der Waals surface area (Å²) in [7, 11) is 5.91. The molecule has 13 heteroatoms. The zero-order valence-corrected chi connectivity index (χ0v) is 37.5. The molecule has 1 aliphatic heterocycles. The summed E-state index contributed by atoms with van der Waals surface area (Å²) < 4.78 is 23.4. The summed E-state index contributed by atoms with van der Waals surface area (Å²) in [5.74, 6) is 2.79. The van der Waals surface area contributed by atoms with E-state index in [1.54, 1.807) is 18.2 Å². The van der Waals surface area contributed by atoms with Crippen LogP contribution in [0, 0.1) is 29.6 Å². The van der Waals surface area contributed by atoms with E-state index in [1.165, 1.54) is 74.3 Å². The van der Waals surface area contributed by atoms with Crippen molar-refractivity contribution in [1.29, 1.82) is 0 Å². The predicted octanol–water partition coefficient (Wildman–Crippen LogP) is 7.86. The minimum absolute atomic E-state index is 0.0315. The van der Waals surface area contributed by atoms with Gasteiger partial charge in [-0.05, 0) is 148 Å². The second kappa shape index (κ2) is 23.4. The van der Waals surface area contributed by atoms with Crippen LogP contribution >= 0.6 is 21.6 Å². The Hall–Kier alpha value is -2.36. The van der Waals surface area contributed by atoms with Crippen LogP contribution in [0.25, 0.3) is 0 Å². The van der Waals surface area contributed by atoms with Gasteiger partial charge in [-0.25, -0.2) is 0 Å². The molecule has 2 saturated carbocycles. The van der Waals surface area contributed by atoms with Crippen molar-refractivity contribution in [3.63, 3.8) is 0 Å². The van der Waals surface area contributed by atoms with Gasteiger partial charge in [0, 0.05) is 29.6 Å². The number of fused-ring (bicyclic) bond motifs is 1. The molecular formula is C47H71NO10S2. The number of phenolic OH excluding ortho intramolecular Hbond substituents is 2. The van der Waals surface area contributed by atoms with Crippen LogP contribution < -0.4 is 19.5 Å². The summed E-state index contributed by atoms with van der Waals surface area (Å²) in [6, 6.07) is 7.74. The Morgan fingerprint density at radius 3 is 2.30 bits per heavy atom. The first kappa shape index (κ1) is 47.1. The zero-order chi connectivity index (χ0) is 42.6. The molecule has 0 saturated heterocycles. The van der Waals surface area contributed by atoms with E-state index in [1.807, 2.05) is 6.07 Å². The molecular weight excluding hydrogens is 803 g/mol. The molecule has 11 nitrogen and oxygen atoms in total. The maximum absolute atomic E-state index is 11.8. The predicted molar refractivity (Wildman–Crippen MR) is 239 cm³/mol. The third-order valence-electron chi connectivity index (χ3n) is 13.6. The molecule has 4 aliphatic rings. The van der Waals surface area contributed by atoms with Gasteiger partial charge < -0.3 is 54.9 Å². The number of rotatable bonds is 14. The molecule has 7 N–H and O–H groups in total. The first-order valence-corrected chi connectivity index (χ1v) is 24.8. The number of nitrogens with one attached hydrogen (secondary N) is 1. The molecule has 2 aromatic carbocycles. The normalized spacial score (nSPS) is 31.0. The Balaban J connectivity index is 1.22. The van der Waals surface area contributed by atoms with Gasteiger partial charge in [0.25, 0.3) is 0 Å². The Bertz CT molecular complexity index is 1630. The number of allylic oxidation sites excluding steroid dienone is 2. The van der Waals surface area contributed by atoms with E-state index in [0.717, 1.165) is 43.4 Å². The monoisotopic (exact) mass is 873 g/mol. The van der Waals surface area contributed by atoms with E-state index >= 15 is 0 Å². The molecule has 6 rings (SSSR count). The molecule has 3 aliphatic carbocycles. The number of aliphatic hydroxyl groups is 4. The van der Waals surface area contributed by atoms with Gasteiger partial charge in [0.15, 0.2) is 23.0 Å². The number of aliphatic hydroxyl groups excluding tert-OH is 4. The Kier molecular flexibility index (Phi) is 18.3. The van der Waals surface area contributed by atoms with Crippen molar-refractivity contribution < 1.29 is 49.6 Å². The lowest BCUT2D eigenvalue weighted by Gasteiger charge is -2.42. The lowest BCUT2D eigenvalue weighted by atomic mass is 9.67. The number of ether oxygens (including phenoxy) is 4. The van der Waals surface area contributed by atoms with Crippen LogP contribution in [0.2, 0.25) is 0 Å². The summed E-state index contributed by atoms with van der Waals surface area (Å²) in [5, 5.41) is 69.5. The van der Waals surface area contributed by atoms with E-state index < -0.39 is 31.0 Å². The van der Waals surface area contributed by atoms with Gasteiger partial charge in [0.2, 0.25) is 5.75 Å². The van der Waals surface area contributed by atoms with Crippen LogP contribution in [0.5, 0.6) is 28.7 Å². The fourth-order valence-electron chi connectivity index (χ4n) is 10.3. The largest absolute Gasteiger partial charge is 0.504 e. The highest BCUT2D eigenvalue weighted by Gasteiger charge is 2.38. The van der Waals surface area contributed by atoms with Crippen molar-refractivity contribution in [2.45, 2.75) is 139 Å². The third kappa shape index (κ3) is 12.6. The van der Waals surface area contributed by atoms with Crippen LogP contribution in [0.4, 0.5) is 0 Å². The highest BCUT2D eigenvalue weighted by molar-refractivity contribution is 8.76. The van der Waals surface area contributed by atoms with E-state index in [0.29, 0.717) is 60.3 Å². The summed E-state index contributed by atoms with van der Waals surface area (Å²) in [6.45, 7) is 2.83. The lowest BCUT2D eigenvalue weighted by molar-refractivity contribution is -0.0808. The van der Waals surface area contributed by atoms with Crippen molar-refractivity contribution >= 4 is 21.6 Å². The summed E-state index contributed by atoms with van der Waals surface area (Å²) in [5.41, 5.74) is 2.56. The molecule has 10 atom stereocenters. The van der Waals surface area contributed by atoms with Crippen molar-refractivity contribution in [1.82, 2.24) is 5.32 Å². The maximum atomic E-state index is 11.8. The fourth-order valence-corrected chi connectivity index (χ4v) is 13.2. The Morgan fingerprint density at radius 2 is 1.60 bits per heavy atom. The zero-order valence-electron chi connectivity index (χ0n) is 35.9. The quantitative estimate of drug-likeness (QED) is 0.0557. The second-order valence-corrected chi connectivity index (χ2v) is 20.4. The average molecular weight is 874 g/mol. The van der Waals surface area contributed by atoms with Gasteiger partial charge >= 0.3 is 0 Å². The Labute approximate surface area is 365 Å². The SMILES string of the molecule is COc1cc(C[C@H]2[C@H](O)C[C@@H](OCO)CCc3cc(O[C@@H]4CC[C@H](CNC5CCCCC5)[C@@H]([C@H]5C=CC[C@H](C)C5)C4)c(O)cc3[C@H](CCO)SSC[C@@H]2O)cc(OC)c1O. The molecule has 1 heterocycles. The van der Waals surface area contributed by atoms with Crippen molar-refractivity contribution in [3.05, 3.63) is 53.1 Å². The summed E-state index contributed by atoms with van der Waals surface area (Å²) in [4.78, 5) is 0. The van der Waals surface area contributed by atoms with Crippen LogP contribution in [0.3, 0.4) is 0 Å². The summed E-state index contributed by atoms with van der Waals surface area (Å²) >= 11 is 0. The number of aromatic hydroxyl groups is 2. The number of methoxy groups -OCH3 is 2. The second-order valence-electron chi connectivity index (χ2n) is 17.8. The van der Waals surface area contributed by atoms with Crippen LogP contribution in [0.15, 0.2) is 36.4 Å². The van der Waals surface area contributed by atoms with Crippen LogP contribution in [-0.4, -0.2) is 101 Å². The molecule has 0 bridgehead atoms. The van der Waals surface area contributed by atoms with Gasteiger partial charge in [-0.3, -0.25) is 0 Å². The van der Waals surface area contributed by atoms with Crippen molar-refractivity contribution in [2.24, 2.45) is 29.6 Å². The smallest absolute Gasteiger partial charge is 0.200 e. The van der Waals surface area contributed by atoms with Crippen LogP contribution in [0.1, 0.15) is 112 Å². The standard InChI is InChI=1S/C47H71NO10S2/c1-29-8-7-9-31(18-29)37-23-36(15-13-33(37)26-48-34-10-5-4-6-11-34)58-43-22-32-12-14-35(57-28-50)24-40(51)39(19-30-20-44(55-2)47(54)45(21-30)56-3)42(53)27-59-60-46(16-17-49)38(32)25-41(43)52/h7,9,20-22,25,29,31,33-37,39-40,42,46,48-54H,4-6,8,10-19,23-24,26-28H2,1-3H3/t29-,31-,33+,35-,36+,37+,39-,40+,42-,46-/m0/s1. The number of hydrogen-bond acceptors (Lipinski definition) is 13. The van der Waals surface area contributed by atoms with Gasteiger partial charge in [-0.15, -0.1) is 0 Å². The number of phenols is 2. The molecule has 2 fully saturated rings. The van der Waals surface area contributed by atoms with E-state index in [-0.39, 0.29) is 59.6 Å². The highest BCUT2D eigenvalue weighted by atomic mass is 33.1. The number of benzene rings is 2. The molecule has 0 unspecified atom stereocenters. The first-order chi connectivity index (χ1) is 29.1. The highest BCUT2D eigenvalue weighted by Crippen LogP contribution is 2.48. The first-order valence-electron chi connectivity index (χ1n) is 22.4. The van der Waals surface area contributed by atoms with Crippen molar-refractivity contribution in [2.75, 3.05) is 39.9 Å². The Morgan fingerprint density at radius 1 is 0.833 bits per heavy atom. The van der Waals surface area contributed by atoms with Gasteiger partial charge in [-0.2, -0.15) is 0 Å². The maximum Gasteiger partial charge on any atom is 0.200 e. The lowest BCUT2D eigenvalue weighted by Crippen LogP contribution is -2.43. The topological polar surface area (TPSA) is 170 Å². The molecule has 0 radical (unpaired) electrons.